The van der Waals surface area contributed by atoms with Crippen LogP contribution in [0, 0.1) is 5.82 Å². The Morgan fingerprint density at radius 1 is 1.14 bits per heavy atom. The molecule has 0 spiro atoms. The molecule has 222 valence electrons. The average Bonchev–Trinajstić information content (AvgIpc) is 3.00. The number of rotatable bonds is 11. The molecule has 1 aliphatic heterocycles. The summed E-state index contributed by atoms with van der Waals surface area (Å²) in [6.45, 7) is 1.61. The molecule has 14 heteroatoms. The third-order valence-corrected chi connectivity index (χ3v) is 7.25. The lowest BCUT2D eigenvalue weighted by atomic mass is 9.97. The van der Waals surface area contributed by atoms with Crippen molar-refractivity contribution in [3.05, 3.63) is 60.0 Å². The Balaban J connectivity index is 1.67. The SMILES string of the molecule is Nc1ccc(-c2nc(N3CCOCC3)c3cc(-c4cccc(C(F)CCN[SH](=O)=O)c4F)cc(OCCO)c3n2)cn1. The van der Waals surface area contributed by atoms with Crippen molar-refractivity contribution in [2.24, 2.45) is 0 Å². The first kappa shape index (κ1) is 29.5. The van der Waals surface area contributed by atoms with Gasteiger partial charge in [0.25, 0.3) is 0 Å². The van der Waals surface area contributed by atoms with Gasteiger partial charge in [-0.1, -0.05) is 18.2 Å². The summed E-state index contributed by atoms with van der Waals surface area (Å²) in [4.78, 5) is 15.8. The van der Waals surface area contributed by atoms with Gasteiger partial charge >= 0.3 is 0 Å². The number of nitrogens with zero attached hydrogens (tertiary/aromatic N) is 4. The standard InChI is InChI=1S/C28H30F2N6O5S/c29-22(6-7-33-42(38)39)20-3-1-2-19(25(20)30)18-14-21-26(23(15-18)41-13-10-37)34-27(17-4-5-24(31)32-16-17)35-28(21)36-8-11-40-12-9-36/h1-5,14-16,22,37,42H,6-13H2,(H2,31,32)(H,33,38,39). The van der Waals surface area contributed by atoms with E-state index in [0.717, 1.165) is 0 Å². The van der Waals surface area contributed by atoms with Crippen LogP contribution in [0.2, 0.25) is 0 Å². The molecule has 11 nitrogen and oxygen atoms in total. The minimum Gasteiger partial charge on any atom is -0.489 e. The van der Waals surface area contributed by atoms with Crippen LogP contribution in [0.3, 0.4) is 0 Å². The molecule has 1 unspecified atom stereocenters. The van der Waals surface area contributed by atoms with Gasteiger partial charge in [0.2, 0.25) is 10.9 Å². The number of pyridine rings is 1. The van der Waals surface area contributed by atoms with Crippen LogP contribution in [0.5, 0.6) is 5.75 Å². The van der Waals surface area contributed by atoms with E-state index < -0.39 is 22.9 Å². The smallest absolute Gasteiger partial charge is 0.201 e. The second-order valence-corrected chi connectivity index (χ2v) is 10.3. The summed E-state index contributed by atoms with van der Waals surface area (Å²) in [6.07, 6.45) is -0.396. The molecule has 1 atom stereocenters. The second-order valence-electron chi connectivity index (χ2n) is 9.51. The van der Waals surface area contributed by atoms with E-state index in [4.69, 9.17) is 25.2 Å². The van der Waals surface area contributed by atoms with E-state index in [0.29, 0.717) is 65.8 Å². The molecule has 0 amide bonds. The Kier molecular flexibility index (Phi) is 9.37. The summed E-state index contributed by atoms with van der Waals surface area (Å²) in [5.74, 6) is 0.801. The van der Waals surface area contributed by atoms with E-state index in [9.17, 15) is 17.9 Å². The lowest BCUT2D eigenvalue weighted by Gasteiger charge is -2.29. The first-order valence-electron chi connectivity index (χ1n) is 13.3. The number of halogens is 2. The molecule has 1 aliphatic rings. The fraction of sp³-hybridized carbons (Fsp3) is 0.321. The molecule has 2 aromatic carbocycles. The van der Waals surface area contributed by atoms with Crippen molar-refractivity contribution in [1.29, 1.82) is 0 Å². The molecule has 0 saturated carbocycles. The van der Waals surface area contributed by atoms with E-state index in [1.165, 1.54) is 18.2 Å². The number of thiol groups is 1. The molecule has 0 aliphatic carbocycles. The van der Waals surface area contributed by atoms with Crippen LogP contribution in [0.25, 0.3) is 33.4 Å². The molecule has 2 aromatic heterocycles. The topological polar surface area (TPSA) is 153 Å². The van der Waals surface area contributed by atoms with Gasteiger partial charge in [0, 0.05) is 47.9 Å². The molecule has 3 heterocycles. The number of hydrogen-bond donors (Lipinski definition) is 4. The van der Waals surface area contributed by atoms with Gasteiger partial charge in [-0.05, 0) is 36.2 Å². The maximum absolute atomic E-state index is 15.8. The molecule has 1 fully saturated rings. The molecule has 42 heavy (non-hydrogen) atoms. The van der Waals surface area contributed by atoms with Crippen LogP contribution >= 0.6 is 0 Å². The third kappa shape index (κ3) is 6.57. The van der Waals surface area contributed by atoms with Crippen LogP contribution in [0.15, 0.2) is 48.7 Å². The van der Waals surface area contributed by atoms with E-state index in [1.807, 2.05) is 4.90 Å². The highest BCUT2D eigenvalue weighted by atomic mass is 32.2. The van der Waals surface area contributed by atoms with Crippen molar-refractivity contribution in [2.45, 2.75) is 12.6 Å². The summed E-state index contributed by atoms with van der Waals surface area (Å²) in [6, 6.07) is 11.1. The minimum atomic E-state index is -2.88. The number of fused-ring (bicyclic) bond motifs is 1. The monoisotopic (exact) mass is 600 g/mol. The predicted molar refractivity (Wildman–Crippen MR) is 155 cm³/mol. The van der Waals surface area contributed by atoms with Crippen LogP contribution in [-0.4, -0.2) is 74.5 Å². The van der Waals surface area contributed by atoms with E-state index >= 15 is 4.39 Å². The largest absolute Gasteiger partial charge is 0.489 e. The molecular formula is C28H30F2N6O5S. The molecule has 4 N–H and O–H groups in total. The van der Waals surface area contributed by atoms with Gasteiger partial charge in [-0.2, -0.15) is 0 Å². The van der Waals surface area contributed by atoms with E-state index in [-0.39, 0.29) is 43.1 Å². The van der Waals surface area contributed by atoms with Crippen LogP contribution in [0.1, 0.15) is 18.2 Å². The number of aliphatic hydroxyl groups excluding tert-OH is 1. The predicted octanol–water partition coefficient (Wildman–Crippen LogP) is 2.80. The summed E-state index contributed by atoms with van der Waals surface area (Å²) in [5, 5.41) is 10.1. The normalized spacial score (nSPS) is 14.4. The van der Waals surface area contributed by atoms with Crippen LogP contribution in [0.4, 0.5) is 20.4 Å². The average molecular weight is 601 g/mol. The molecular weight excluding hydrogens is 570 g/mol. The summed E-state index contributed by atoms with van der Waals surface area (Å²) < 4.78 is 65.9. The van der Waals surface area contributed by atoms with Gasteiger partial charge in [0.05, 0.1) is 19.8 Å². The zero-order chi connectivity index (χ0) is 29.6. The van der Waals surface area contributed by atoms with Crippen molar-refractivity contribution in [3.8, 4) is 28.3 Å². The number of morpholine rings is 1. The first-order chi connectivity index (χ1) is 20.4. The fourth-order valence-corrected chi connectivity index (χ4v) is 5.05. The number of ether oxygens (including phenoxy) is 2. The molecule has 0 radical (unpaired) electrons. The number of nitrogen functional groups attached to an aromatic ring is 1. The summed E-state index contributed by atoms with van der Waals surface area (Å²) in [5.41, 5.74) is 7.16. The maximum atomic E-state index is 15.8. The Morgan fingerprint density at radius 3 is 2.67 bits per heavy atom. The summed E-state index contributed by atoms with van der Waals surface area (Å²) in [7, 11) is -2.88. The highest BCUT2D eigenvalue weighted by molar-refractivity contribution is 7.70. The van der Waals surface area contributed by atoms with Gasteiger partial charge in [0.15, 0.2) is 5.82 Å². The lowest BCUT2D eigenvalue weighted by molar-refractivity contribution is 0.122. The highest BCUT2D eigenvalue weighted by Crippen LogP contribution is 2.39. The molecule has 4 aromatic rings. The van der Waals surface area contributed by atoms with Crippen molar-refractivity contribution in [1.82, 2.24) is 19.7 Å². The number of nitrogens with one attached hydrogen (secondary N) is 1. The number of alkyl halides is 1. The Morgan fingerprint density at radius 2 is 1.95 bits per heavy atom. The van der Waals surface area contributed by atoms with Crippen molar-refractivity contribution in [3.63, 3.8) is 0 Å². The van der Waals surface area contributed by atoms with Gasteiger partial charge in [0.1, 0.15) is 41.5 Å². The van der Waals surface area contributed by atoms with Crippen molar-refractivity contribution >= 4 is 33.4 Å². The number of benzene rings is 2. The van der Waals surface area contributed by atoms with Gasteiger partial charge in [-0.3, -0.25) is 0 Å². The van der Waals surface area contributed by atoms with Gasteiger partial charge < -0.3 is 25.2 Å². The van der Waals surface area contributed by atoms with E-state index in [2.05, 4.69) is 9.71 Å². The summed E-state index contributed by atoms with van der Waals surface area (Å²) >= 11 is 0. The first-order valence-corrected chi connectivity index (χ1v) is 14.5. The number of nitrogens with two attached hydrogens (primary N) is 1. The Hall–Kier alpha value is -3.98. The third-order valence-electron chi connectivity index (χ3n) is 6.77. The lowest BCUT2D eigenvalue weighted by Crippen LogP contribution is -2.37. The van der Waals surface area contributed by atoms with Crippen molar-refractivity contribution in [2.75, 3.05) is 56.7 Å². The van der Waals surface area contributed by atoms with Crippen LogP contribution in [-0.2, 0) is 15.6 Å². The maximum Gasteiger partial charge on any atom is 0.201 e. The van der Waals surface area contributed by atoms with Crippen LogP contribution < -0.4 is 20.1 Å². The number of anilines is 2. The fourth-order valence-electron chi connectivity index (χ4n) is 4.74. The quantitative estimate of drug-likeness (QED) is 0.189. The number of hydrogen-bond acceptors (Lipinski definition) is 10. The highest BCUT2D eigenvalue weighted by Gasteiger charge is 2.24. The number of aromatic nitrogens is 3. The Labute approximate surface area is 242 Å². The zero-order valence-electron chi connectivity index (χ0n) is 22.5. The second kappa shape index (κ2) is 13.3. The minimum absolute atomic E-state index is 0.0434. The van der Waals surface area contributed by atoms with Crippen molar-refractivity contribution < 1.29 is 31.8 Å². The van der Waals surface area contributed by atoms with Gasteiger partial charge in [-0.15, -0.1) is 0 Å². The Bertz CT molecular complexity index is 1630. The zero-order valence-corrected chi connectivity index (χ0v) is 23.4. The molecule has 1 saturated heterocycles. The molecule has 0 bridgehead atoms. The van der Waals surface area contributed by atoms with E-state index in [1.54, 1.807) is 30.5 Å². The number of aliphatic hydroxyl groups is 1. The van der Waals surface area contributed by atoms with Gasteiger partial charge in [-0.25, -0.2) is 36.9 Å². The molecule has 5 rings (SSSR count).